The van der Waals surface area contributed by atoms with Crippen LogP contribution in [0.2, 0.25) is 0 Å². The summed E-state index contributed by atoms with van der Waals surface area (Å²) in [5.74, 6) is -2.12. The summed E-state index contributed by atoms with van der Waals surface area (Å²) in [6.07, 6.45) is 0. The standard InChI is InChI=1S/C19H19N3O4/c1-12(23)20-16-7-5-4-6-15(16)17(24)18(25)21-14-10-8-13(9-11-14)19(26)22(2)3/h4-11H,1-3H3,(H,20,23)(H,21,25). The van der Waals surface area contributed by atoms with E-state index >= 15 is 0 Å². The predicted octanol–water partition coefficient (Wildman–Crippen LogP) is 2.17. The van der Waals surface area contributed by atoms with Crippen molar-refractivity contribution in [2.24, 2.45) is 0 Å². The lowest BCUT2D eigenvalue weighted by atomic mass is 10.1. The molecule has 2 aromatic carbocycles. The molecule has 0 aromatic heterocycles. The molecule has 0 atom stereocenters. The van der Waals surface area contributed by atoms with Crippen molar-refractivity contribution in [2.75, 3.05) is 24.7 Å². The highest BCUT2D eigenvalue weighted by molar-refractivity contribution is 6.47. The van der Waals surface area contributed by atoms with Gasteiger partial charge in [-0.25, -0.2) is 0 Å². The summed E-state index contributed by atoms with van der Waals surface area (Å²) in [7, 11) is 3.28. The zero-order valence-corrected chi connectivity index (χ0v) is 14.7. The van der Waals surface area contributed by atoms with Crippen LogP contribution in [-0.4, -0.2) is 42.5 Å². The Morgan fingerprint density at radius 3 is 2.04 bits per heavy atom. The molecule has 0 radical (unpaired) electrons. The lowest BCUT2D eigenvalue weighted by Crippen LogP contribution is -2.24. The van der Waals surface area contributed by atoms with Crippen molar-refractivity contribution >= 4 is 34.9 Å². The van der Waals surface area contributed by atoms with Crippen LogP contribution in [0.5, 0.6) is 0 Å². The molecule has 0 aliphatic carbocycles. The SMILES string of the molecule is CC(=O)Nc1ccccc1C(=O)C(=O)Nc1ccc(C(=O)N(C)C)cc1. The van der Waals surface area contributed by atoms with Gasteiger partial charge in [0.2, 0.25) is 5.91 Å². The number of amides is 3. The average molecular weight is 353 g/mol. The smallest absolute Gasteiger partial charge is 0.296 e. The Bertz CT molecular complexity index is 857. The highest BCUT2D eigenvalue weighted by atomic mass is 16.2. The Morgan fingerprint density at radius 2 is 1.46 bits per heavy atom. The number of anilines is 2. The van der Waals surface area contributed by atoms with Gasteiger partial charge in [-0.05, 0) is 36.4 Å². The highest BCUT2D eigenvalue weighted by Crippen LogP contribution is 2.17. The van der Waals surface area contributed by atoms with Gasteiger partial charge in [0.15, 0.2) is 0 Å². The Hall–Kier alpha value is -3.48. The maximum absolute atomic E-state index is 12.4. The molecule has 0 heterocycles. The first kappa shape index (κ1) is 18.9. The van der Waals surface area contributed by atoms with Crippen molar-refractivity contribution in [2.45, 2.75) is 6.92 Å². The minimum absolute atomic E-state index is 0.0969. The van der Waals surface area contributed by atoms with E-state index < -0.39 is 11.7 Å². The molecule has 0 bridgehead atoms. The van der Waals surface area contributed by atoms with Gasteiger partial charge in [-0.3, -0.25) is 19.2 Å². The first-order valence-electron chi connectivity index (χ1n) is 7.83. The minimum atomic E-state index is -0.838. The fourth-order valence-corrected chi connectivity index (χ4v) is 2.24. The van der Waals surface area contributed by atoms with Gasteiger partial charge in [0, 0.05) is 32.3 Å². The Kier molecular flexibility index (Phi) is 5.85. The number of carbonyl (C=O) groups is 4. The van der Waals surface area contributed by atoms with Crippen molar-refractivity contribution in [3.05, 3.63) is 59.7 Å². The van der Waals surface area contributed by atoms with E-state index in [2.05, 4.69) is 10.6 Å². The summed E-state index contributed by atoms with van der Waals surface area (Å²) in [6, 6.07) is 12.5. The number of Topliss-reactive ketones (excluding diaryl/α,β-unsaturated/α-hetero) is 1. The molecular weight excluding hydrogens is 334 g/mol. The number of nitrogens with zero attached hydrogens (tertiary/aromatic N) is 1. The maximum Gasteiger partial charge on any atom is 0.296 e. The molecule has 0 spiro atoms. The third-order valence-electron chi connectivity index (χ3n) is 3.48. The molecule has 0 aliphatic rings. The highest BCUT2D eigenvalue weighted by Gasteiger charge is 2.20. The lowest BCUT2D eigenvalue weighted by molar-refractivity contribution is -0.114. The van der Waals surface area contributed by atoms with Crippen LogP contribution in [-0.2, 0) is 9.59 Å². The quantitative estimate of drug-likeness (QED) is 0.636. The molecule has 0 aliphatic heterocycles. The Balaban J connectivity index is 2.14. The van der Waals surface area contributed by atoms with Crippen LogP contribution in [0.1, 0.15) is 27.6 Å². The molecule has 3 amide bonds. The average Bonchev–Trinajstić information content (AvgIpc) is 2.61. The molecular formula is C19H19N3O4. The van der Waals surface area contributed by atoms with Crippen molar-refractivity contribution in [3.8, 4) is 0 Å². The molecule has 0 saturated heterocycles. The molecule has 7 nitrogen and oxygen atoms in total. The number of rotatable bonds is 5. The van der Waals surface area contributed by atoms with Gasteiger partial charge >= 0.3 is 0 Å². The second-order valence-electron chi connectivity index (χ2n) is 5.79. The number of nitrogens with one attached hydrogen (secondary N) is 2. The molecule has 7 heteroatoms. The van der Waals surface area contributed by atoms with E-state index in [-0.39, 0.29) is 23.1 Å². The second kappa shape index (κ2) is 8.06. The van der Waals surface area contributed by atoms with Crippen LogP contribution < -0.4 is 10.6 Å². The Morgan fingerprint density at radius 1 is 0.846 bits per heavy atom. The van der Waals surface area contributed by atoms with E-state index in [4.69, 9.17) is 0 Å². The number of hydrogen-bond acceptors (Lipinski definition) is 4. The maximum atomic E-state index is 12.4. The molecule has 0 fully saturated rings. The minimum Gasteiger partial charge on any atom is -0.345 e. The molecule has 134 valence electrons. The molecule has 0 saturated carbocycles. The fraction of sp³-hybridized carbons (Fsp3) is 0.158. The van der Waals surface area contributed by atoms with E-state index in [1.165, 1.54) is 17.9 Å². The summed E-state index contributed by atoms with van der Waals surface area (Å²) >= 11 is 0. The van der Waals surface area contributed by atoms with Crippen LogP contribution in [0.15, 0.2) is 48.5 Å². The molecule has 2 rings (SSSR count). The summed E-state index contributed by atoms with van der Waals surface area (Å²) in [6.45, 7) is 1.32. The van der Waals surface area contributed by atoms with Gasteiger partial charge in [0.1, 0.15) is 0 Å². The van der Waals surface area contributed by atoms with Gasteiger partial charge in [0.05, 0.1) is 11.3 Å². The molecule has 0 unspecified atom stereocenters. The predicted molar refractivity (Wildman–Crippen MR) is 98.2 cm³/mol. The van der Waals surface area contributed by atoms with Crippen molar-refractivity contribution in [1.29, 1.82) is 0 Å². The number of para-hydroxylation sites is 1. The normalized spacial score (nSPS) is 9.96. The molecule has 2 N–H and O–H groups in total. The van der Waals surface area contributed by atoms with Crippen LogP contribution >= 0.6 is 0 Å². The van der Waals surface area contributed by atoms with Gasteiger partial charge in [-0.1, -0.05) is 12.1 Å². The van der Waals surface area contributed by atoms with Crippen LogP contribution in [0.25, 0.3) is 0 Å². The third-order valence-corrected chi connectivity index (χ3v) is 3.48. The number of carbonyl (C=O) groups excluding carboxylic acids is 4. The van der Waals surface area contributed by atoms with Crippen molar-refractivity contribution in [1.82, 2.24) is 4.90 Å². The monoisotopic (exact) mass is 353 g/mol. The summed E-state index contributed by atoms with van der Waals surface area (Å²) in [5, 5.41) is 5.01. The largest absolute Gasteiger partial charge is 0.345 e. The fourth-order valence-electron chi connectivity index (χ4n) is 2.24. The second-order valence-corrected chi connectivity index (χ2v) is 5.79. The van der Waals surface area contributed by atoms with E-state index in [0.29, 0.717) is 11.3 Å². The number of benzene rings is 2. The van der Waals surface area contributed by atoms with Gasteiger partial charge < -0.3 is 15.5 Å². The van der Waals surface area contributed by atoms with E-state index in [1.54, 1.807) is 56.6 Å². The van der Waals surface area contributed by atoms with Crippen molar-refractivity contribution < 1.29 is 19.2 Å². The zero-order chi connectivity index (χ0) is 19.3. The first-order valence-corrected chi connectivity index (χ1v) is 7.83. The van der Waals surface area contributed by atoms with Crippen LogP contribution in [0, 0.1) is 0 Å². The molecule has 2 aromatic rings. The molecule has 26 heavy (non-hydrogen) atoms. The van der Waals surface area contributed by atoms with Gasteiger partial charge in [-0.15, -0.1) is 0 Å². The number of hydrogen-bond donors (Lipinski definition) is 2. The van der Waals surface area contributed by atoms with Crippen molar-refractivity contribution in [3.63, 3.8) is 0 Å². The summed E-state index contributed by atoms with van der Waals surface area (Å²) in [4.78, 5) is 49.1. The summed E-state index contributed by atoms with van der Waals surface area (Å²) < 4.78 is 0. The third kappa shape index (κ3) is 4.54. The van der Waals surface area contributed by atoms with E-state index in [0.717, 1.165) is 0 Å². The Labute approximate surface area is 151 Å². The lowest BCUT2D eigenvalue weighted by Gasteiger charge is -2.11. The van der Waals surface area contributed by atoms with E-state index in [9.17, 15) is 19.2 Å². The first-order chi connectivity index (χ1) is 12.3. The van der Waals surface area contributed by atoms with Gasteiger partial charge in [-0.2, -0.15) is 0 Å². The van der Waals surface area contributed by atoms with Crippen LogP contribution in [0.4, 0.5) is 11.4 Å². The topological polar surface area (TPSA) is 95.6 Å². The van der Waals surface area contributed by atoms with Gasteiger partial charge in [0.25, 0.3) is 17.6 Å². The van der Waals surface area contributed by atoms with Crippen LogP contribution in [0.3, 0.4) is 0 Å². The summed E-state index contributed by atoms with van der Waals surface area (Å²) in [5.41, 5.74) is 1.22. The number of ketones is 1. The van der Waals surface area contributed by atoms with E-state index in [1.807, 2.05) is 0 Å². The zero-order valence-electron chi connectivity index (χ0n) is 14.7.